The number of amidine groups is 1. The summed E-state index contributed by atoms with van der Waals surface area (Å²) in [4.78, 5) is 12.2. The number of aliphatic imine (C=N–C) groups is 1. The topological polar surface area (TPSA) is 82.6 Å². The smallest absolute Gasteiger partial charge is 0.392 e. The van der Waals surface area contributed by atoms with Crippen LogP contribution in [-0.2, 0) is 10.3 Å². The predicted octanol–water partition coefficient (Wildman–Crippen LogP) is 5.10. The summed E-state index contributed by atoms with van der Waals surface area (Å²) in [5, 5.41) is 0.345. The summed E-state index contributed by atoms with van der Waals surface area (Å²) in [7, 11) is 1.60. The lowest BCUT2D eigenvalue weighted by Crippen LogP contribution is -2.37. The fraction of sp³-hybridized carbons (Fsp3) is 0.435. The first-order chi connectivity index (χ1) is 16.5. The molecular weight excluding hydrogens is 491 g/mol. The quantitative estimate of drug-likeness (QED) is 0.494. The second kappa shape index (κ2) is 9.38. The standard InChI is InChI=1S/C23H23F5N4O2S/c1-21(18-9-22(18,12-33-2)35-20(29)32-21)14-7-13(3-4-15(14)24)8-16(25)17-10-31-19(11-30-17)34-6-5-23(26,27)28/h3-4,7-8,10-11,18H,5-6,9,12H2,1-2H3,(H2,29,32)/b16-8-/t18-,21+,22+/m0/s1. The molecule has 0 unspecified atom stereocenters. The van der Waals surface area contributed by atoms with Crippen LogP contribution >= 0.6 is 11.8 Å². The summed E-state index contributed by atoms with van der Waals surface area (Å²) < 4.78 is 76.4. The molecule has 2 heterocycles. The molecule has 2 aliphatic rings. The number of fused-ring (bicyclic) bond motifs is 1. The summed E-state index contributed by atoms with van der Waals surface area (Å²) in [5.41, 5.74) is 5.65. The van der Waals surface area contributed by atoms with Crippen LogP contribution in [0.1, 0.15) is 36.6 Å². The number of benzene rings is 1. The van der Waals surface area contributed by atoms with E-state index in [9.17, 15) is 22.0 Å². The highest BCUT2D eigenvalue weighted by Crippen LogP contribution is 2.65. The highest BCUT2D eigenvalue weighted by Gasteiger charge is 2.66. The van der Waals surface area contributed by atoms with Gasteiger partial charge in [-0.25, -0.2) is 18.7 Å². The molecule has 1 aromatic heterocycles. The SMILES string of the molecule is COC[C@]12C[C@H]1[C@@](C)(c1cc(/C=C(\F)c3cnc(OCCC(F)(F)F)cn3)ccc1F)N=C(N)S2. The van der Waals surface area contributed by atoms with E-state index in [-0.39, 0.29) is 22.2 Å². The van der Waals surface area contributed by atoms with Gasteiger partial charge in [0.25, 0.3) is 0 Å². The molecule has 1 saturated carbocycles. The van der Waals surface area contributed by atoms with Crippen molar-refractivity contribution < 1.29 is 31.4 Å². The molecule has 12 heteroatoms. The van der Waals surface area contributed by atoms with Gasteiger partial charge in [-0.1, -0.05) is 17.8 Å². The summed E-state index contributed by atoms with van der Waals surface area (Å²) >= 11 is 1.44. The van der Waals surface area contributed by atoms with Gasteiger partial charge in [0.2, 0.25) is 5.88 Å². The molecule has 0 amide bonds. The van der Waals surface area contributed by atoms with E-state index in [2.05, 4.69) is 15.0 Å². The van der Waals surface area contributed by atoms with E-state index in [0.717, 1.165) is 18.8 Å². The Labute approximate surface area is 202 Å². The fourth-order valence-corrected chi connectivity index (χ4v) is 5.81. The Morgan fingerprint density at radius 2 is 2.06 bits per heavy atom. The lowest BCUT2D eigenvalue weighted by atomic mass is 9.85. The second-order valence-electron chi connectivity index (χ2n) is 8.64. The number of aromatic nitrogens is 2. The van der Waals surface area contributed by atoms with Crippen LogP contribution in [0.4, 0.5) is 22.0 Å². The third-order valence-corrected chi connectivity index (χ3v) is 7.36. The third-order valence-electron chi connectivity index (χ3n) is 6.08. The number of hydrogen-bond donors (Lipinski definition) is 1. The molecule has 0 bridgehead atoms. The number of hydrogen-bond acceptors (Lipinski definition) is 7. The van der Waals surface area contributed by atoms with Crippen LogP contribution in [0.15, 0.2) is 35.6 Å². The Kier molecular flexibility index (Phi) is 6.80. The Morgan fingerprint density at radius 3 is 2.71 bits per heavy atom. The van der Waals surface area contributed by atoms with Crippen molar-refractivity contribution in [3.63, 3.8) is 0 Å². The highest BCUT2D eigenvalue weighted by atomic mass is 32.2. The van der Waals surface area contributed by atoms with Gasteiger partial charge in [0.1, 0.15) is 11.5 Å². The van der Waals surface area contributed by atoms with Crippen molar-refractivity contribution in [2.75, 3.05) is 20.3 Å². The summed E-state index contributed by atoms with van der Waals surface area (Å²) in [6, 6.07) is 4.19. The molecule has 188 valence electrons. The fourth-order valence-electron chi connectivity index (χ4n) is 4.36. The maximum absolute atomic E-state index is 14.9. The summed E-state index contributed by atoms with van der Waals surface area (Å²) in [6.07, 6.45) is -1.49. The summed E-state index contributed by atoms with van der Waals surface area (Å²) in [6.45, 7) is 1.65. The average Bonchev–Trinajstić information content (AvgIpc) is 3.49. The van der Waals surface area contributed by atoms with E-state index >= 15 is 0 Å². The second-order valence-corrected chi connectivity index (χ2v) is 10.1. The van der Waals surface area contributed by atoms with Crippen molar-refractivity contribution in [1.82, 2.24) is 9.97 Å². The lowest BCUT2D eigenvalue weighted by Gasteiger charge is -2.34. The lowest BCUT2D eigenvalue weighted by molar-refractivity contribution is -0.139. The van der Waals surface area contributed by atoms with Crippen LogP contribution in [0.25, 0.3) is 11.9 Å². The molecule has 0 saturated heterocycles. The first kappa shape index (κ1) is 25.4. The van der Waals surface area contributed by atoms with E-state index < -0.39 is 36.4 Å². The van der Waals surface area contributed by atoms with Gasteiger partial charge in [-0.2, -0.15) is 13.2 Å². The molecule has 4 rings (SSSR count). The van der Waals surface area contributed by atoms with E-state index in [1.165, 1.54) is 36.0 Å². The van der Waals surface area contributed by atoms with Crippen LogP contribution in [0, 0.1) is 11.7 Å². The van der Waals surface area contributed by atoms with Crippen molar-refractivity contribution in [3.8, 4) is 5.88 Å². The zero-order valence-electron chi connectivity index (χ0n) is 18.9. The minimum absolute atomic E-state index is 0.00147. The van der Waals surface area contributed by atoms with Gasteiger partial charge in [-0.05, 0) is 37.1 Å². The van der Waals surface area contributed by atoms with Crippen LogP contribution < -0.4 is 10.5 Å². The molecule has 3 atom stereocenters. The molecule has 0 radical (unpaired) electrons. The number of ether oxygens (including phenoxy) is 2. The Morgan fingerprint density at radius 1 is 1.29 bits per heavy atom. The van der Waals surface area contributed by atoms with E-state index in [1.54, 1.807) is 7.11 Å². The predicted molar refractivity (Wildman–Crippen MR) is 123 cm³/mol. The first-order valence-corrected chi connectivity index (χ1v) is 11.5. The van der Waals surface area contributed by atoms with Crippen molar-refractivity contribution >= 4 is 28.8 Å². The normalized spacial score (nSPS) is 26.2. The zero-order valence-corrected chi connectivity index (χ0v) is 19.7. The molecule has 0 spiro atoms. The largest absolute Gasteiger partial charge is 0.476 e. The molecule has 1 aromatic carbocycles. The van der Waals surface area contributed by atoms with Gasteiger partial charge in [-0.3, -0.25) is 4.99 Å². The molecule has 2 N–H and O–H groups in total. The maximum atomic E-state index is 14.9. The number of nitrogens with two attached hydrogens (primary N) is 1. The van der Waals surface area contributed by atoms with Crippen LogP contribution in [-0.4, -0.2) is 46.4 Å². The van der Waals surface area contributed by atoms with Gasteiger partial charge >= 0.3 is 6.18 Å². The number of halogens is 5. The average molecular weight is 515 g/mol. The van der Waals surface area contributed by atoms with Gasteiger partial charge in [0.05, 0.1) is 42.3 Å². The van der Waals surface area contributed by atoms with Crippen molar-refractivity contribution in [1.29, 1.82) is 0 Å². The van der Waals surface area contributed by atoms with E-state index in [4.69, 9.17) is 15.2 Å². The van der Waals surface area contributed by atoms with Crippen LogP contribution in [0.3, 0.4) is 0 Å². The van der Waals surface area contributed by atoms with Gasteiger partial charge in [0, 0.05) is 18.6 Å². The molecule has 1 fully saturated rings. The first-order valence-electron chi connectivity index (χ1n) is 10.7. The molecule has 35 heavy (non-hydrogen) atoms. The summed E-state index contributed by atoms with van der Waals surface area (Å²) in [5.74, 6) is -1.39. The number of thioether (sulfide) groups is 1. The minimum Gasteiger partial charge on any atom is -0.476 e. The molecule has 2 aromatic rings. The van der Waals surface area contributed by atoms with Gasteiger partial charge in [-0.15, -0.1) is 0 Å². The zero-order chi connectivity index (χ0) is 25.4. The van der Waals surface area contributed by atoms with Crippen molar-refractivity contribution in [2.45, 2.75) is 36.2 Å². The van der Waals surface area contributed by atoms with Crippen molar-refractivity contribution in [3.05, 3.63) is 53.2 Å². The van der Waals surface area contributed by atoms with Crippen molar-refractivity contribution in [2.24, 2.45) is 16.6 Å². The Balaban J connectivity index is 1.54. The Hall–Kier alpha value is -2.73. The molecular formula is C23H23F5N4O2S. The van der Waals surface area contributed by atoms with Crippen LogP contribution in [0.2, 0.25) is 0 Å². The highest BCUT2D eigenvalue weighted by molar-refractivity contribution is 8.15. The van der Waals surface area contributed by atoms with E-state index in [0.29, 0.717) is 22.9 Å². The minimum atomic E-state index is -4.36. The van der Waals surface area contributed by atoms with Crippen LogP contribution in [0.5, 0.6) is 5.88 Å². The van der Waals surface area contributed by atoms with Gasteiger partial charge in [0.15, 0.2) is 11.0 Å². The molecule has 1 aliphatic carbocycles. The Bertz CT molecular complexity index is 1160. The third kappa shape index (κ3) is 5.43. The molecule has 6 nitrogen and oxygen atoms in total. The number of nitrogens with zero attached hydrogens (tertiary/aromatic N) is 3. The molecule has 1 aliphatic heterocycles. The maximum Gasteiger partial charge on any atom is 0.392 e. The number of alkyl halides is 3. The van der Waals surface area contributed by atoms with Gasteiger partial charge < -0.3 is 15.2 Å². The van der Waals surface area contributed by atoms with E-state index in [1.807, 2.05) is 6.92 Å². The number of rotatable bonds is 8. The number of methoxy groups -OCH3 is 1. The monoisotopic (exact) mass is 514 g/mol.